The fraction of sp³-hybridized carbons (Fsp3) is 0. The third-order valence-electron chi connectivity index (χ3n) is 9.59. The van der Waals surface area contributed by atoms with Crippen molar-refractivity contribution in [2.45, 2.75) is 0 Å². The van der Waals surface area contributed by atoms with Crippen LogP contribution in [0.3, 0.4) is 0 Å². The predicted octanol–water partition coefficient (Wildman–Crippen LogP) is 8.27. The minimum Gasteiger partial charge on any atom is -0.354 e. The van der Waals surface area contributed by atoms with Gasteiger partial charge in [0.1, 0.15) is 5.49 Å². The number of fused-ring (bicyclic) bond motifs is 4. The van der Waals surface area contributed by atoms with Crippen LogP contribution in [0, 0.1) is 0 Å². The summed E-state index contributed by atoms with van der Waals surface area (Å²) in [5.74, 6) is 0. The SMILES string of the molecule is IC1=C2N=c3c1c(-c1ccccc1)c1ccc(n31)C(c1ccccc1)=C1C=CC(=N1)C(c1ccccc1)=c1ccc([nH]1)=C2c1ccccc1. The standard InChI is InChI=1S/C44H27IN4/c45-42-41-40(30-19-11-4-12-20-30)36-26-25-35-38(28-15-7-2-8-16-28)33-23-21-31(46-33)37(27-13-5-1-6-14-27)32-22-24-34(47-32)39(29-17-9-3-10-18-29)43(42)48-44(41)49(35)36/h1-26,47H. The Morgan fingerprint density at radius 3 is 1.67 bits per heavy atom. The van der Waals surface area contributed by atoms with Gasteiger partial charge < -0.3 is 4.98 Å². The van der Waals surface area contributed by atoms with Gasteiger partial charge in [-0.25, -0.2) is 9.98 Å². The maximum Gasteiger partial charge on any atom is 0.147 e. The number of nitrogens with one attached hydrogen (secondary N) is 1. The highest BCUT2D eigenvalue weighted by molar-refractivity contribution is 14.1. The Morgan fingerprint density at radius 1 is 0.490 bits per heavy atom. The molecule has 1 N–H and O–H groups in total. The summed E-state index contributed by atoms with van der Waals surface area (Å²) >= 11 is 2.54. The summed E-state index contributed by atoms with van der Waals surface area (Å²) in [5, 5.41) is 2.02. The molecule has 0 radical (unpaired) electrons. The van der Waals surface area contributed by atoms with Gasteiger partial charge in [0.25, 0.3) is 0 Å². The Kier molecular flexibility index (Phi) is 6.42. The largest absolute Gasteiger partial charge is 0.354 e. The molecule has 4 aromatic carbocycles. The third-order valence-corrected chi connectivity index (χ3v) is 10.6. The first-order valence-corrected chi connectivity index (χ1v) is 17.5. The molecular weight excluding hydrogens is 711 g/mol. The minimum atomic E-state index is 0.923. The van der Waals surface area contributed by atoms with E-state index in [-0.39, 0.29) is 0 Å². The van der Waals surface area contributed by atoms with Gasteiger partial charge in [-0.3, -0.25) is 4.40 Å². The molecule has 0 unspecified atom stereocenters. The normalized spacial score (nSPS) is 15.0. The summed E-state index contributed by atoms with van der Waals surface area (Å²) in [6, 6.07) is 51.4. The van der Waals surface area contributed by atoms with Crippen molar-refractivity contribution >= 4 is 54.1 Å². The van der Waals surface area contributed by atoms with Crippen molar-refractivity contribution in [3.05, 3.63) is 213 Å². The summed E-state index contributed by atoms with van der Waals surface area (Å²) in [6.07, 6.45) is 4.32. The van der Waals surface area contributed by atoms with Crippen molar-refractivity contribution in [3.8, 4) is 11.1 Å². The molecule has 0 saturated heterocycles. The fourth-order valence-electron chi connectivity index (χ4n) is 7.49. The third kappa shape index (κ3) is 4.35. The van der Waals surface area contributed by atoms with Crippen LogP contribution in [0.2, 0.25) is 0 Å². The van der Waals surface area contributed by atoms with Gasteiger partial charge in [0.2, 0.25) is 0 Å². The zero-order valence-corrected chi connectivity index (χ0v) is 28.4. The predicted molar refractivity (Wildman–Crippen MR) is 208 cm³/mol. The first-order chi connectivity index (χ1) is 24.2. The number of aliphatic imine (C=N–C) groups is 1. The molecule has 0 spiro atoms. The smallest absolute Gasteiger partial charge is 0.147 e. The monoisotopic (exact) mass is 738 g/mol. The van der Waals surface area contributed by atoms with Gasteiger partial charge in [0.15, 0.2) is 0 Å². The van der Waals surface area contributed by atoms with Crippen molar-refractivity contribution in [2.24, 2.45) is 9.98 Å². The van der Waals surface area contributed by atoms with E-state index >= 15 is 0 Å². The van der Waals surface area contributed by atoms with E-state index in [4.69, 9.17) is 9.98 Å². The highest BCUT2D eigenvalue weighted by Crippen LogP contribution is 2.44. The van der Waals surface area contributed by atoms with Crippen LogP contribution < -0.4 is 16.2 Å². The lowest BCUT2D eigenvalue weighted by Crippen LogP contribution is -2.19. The second kappa shape index (κ2) is 11.1. The van der Waals surface area contributed by atoms with Crippen molar-refractivity contribution in [1.29, 1.82) is 0 Å². The lowest BCUT2D eigenvalue weighted by Gasteiger charge is -2.12. The van der Waals surface area contributed by atoms with Gasteiger partial charge in [-0.15, -0.1) is 0 Å². The van der Waals surface area contributed by atoms with Crippen LogP contribution in [0.25, 0.3) is 36.9 Å². The molecule has 0 aliphatic carbocycles. The van der Waals surface area contributed by atoms with Gasteiger partial charge in [-0.2, -0.15) is 0 Å². The molecule has 3 aliphatic rings. The Morgan fingerprint density at radius 2 is 1.04 bits per heavy atom. The molecule has 0 saturated carbocycles. The molecule has 6 heterocycles. The molecule has 3 aliphatic heterocycles. The average molecular weight is 739 g/mol. The summed E-state index contributed by atoms with van der Waals surface area (Å²) in [7, 11) is 0. The lowest BCUT2D eigenvalue weighted by molar-refractivity contribution is 1.06. The molecule has 7 aromatic rings. The number of aromatic nitrogens is 2. The molecule has 10 rings (SSSR count). The number of halogens is 1. The molecule has 0 amide bonds. The van der Waals surface area contributed by atoms with E-state index in [0.29, 0.717) is 0 Å². The fourth-order valence-corrected chi connectivity index (χ4v) is 8.39. The van der Waals surface area contributed by atoms with Crippen LogP contribution in [0.5, 0.6) is 0 Å². The topological polar surface area (TPSA) is 44.9 Å². The Balaban J connectivity index is 1.42. The Hall–Kier alpha value is -5.79. The van der Waals surface area contributed by atoms with Gasteiger partial charge in [0.05, 0.1) is 31.9 Å². The van der Waals surface area contributed by atoms with Crippen molar-refractivity contribution in [1.82, 2.24) is 9.38 Å². The van der Waals surface area contributed by atoms with E-state index in [1.54, 1.807) is 0 Å². The van der Waals surface area contributed by atoms with Gasteiger partial charge in [-0.05, 0) is 81.3 Å². The molecule has 0 fully saturated rings. The molecule has 230 valence electrons. The highest BCUT2D eigenvalue weighted by atomic mass is 127. The van der Waals surface area contributed by atoms with Crippen molar-refractivity contribution in [3.63, 3.8) is 0 Å². The number of nitrogens with zero attached hydrogens (tertiary/aromatic N) is 3. The molecule has 0 atom stereocenters. The van der Waals surface area contributed by atoms with Crippen LogP contribution in [0.1, 0.15) is 27.9 Å². The quantitative estimate of drug-likeness (QED) is 0.177. The average Bonchev–Trinajstić information content (AvgIpc) is 3.99. The summed E-state index contributed by atoms with van der Waals surface area (Å²) in [4.78, 5) is 14.9. The van der Waals surface area contributed by atoms with Crippen LogP contribution in [-0.4, -0.2) is 15.1 Å². The lowest BCUT2D eigenvalue weighted by atomic mass is 9.99. The van der Waals surface area contributed by atoms with E-state index < -0.39 is 0 Å². The summed E-state index contributed by atoms with van der Waals surface area (Å²) < 4.78 is 3.49. The number of allylic oxidation sites excluding steroid dienone is 3. The second-order valence-corrected chi connectivity index (χ2v) is 13.5. The number of aromatic amines is 1. The molecular formula is C44H27IN4. The molecule has 4 nitrogen and oxygen atoms in total. The maximum atomic E-state index is 5.59. The second-order valence-electron chi connectivity index (χ2n) is 12.4. The Bertz CT molecular complexity index is 2780. The maximum absolute atomic E-state index is 5.59. The zero-order valence-electron chi connectivity index (χ0n) is 26.2. The number of H-pyrrole nitrogens is 1. The number of benzene rings is 4. The molecule has 6 bridgehead atoms. The minimum absolute atomic E-state index is 0.923. The first-order valence-electron chi connectivity index (χ1n) is 16.4. The van der Waals surface area contributed by atoms with Crippen LogP contribution in [0.15, 0.2) is 179 Å². The molecule has 49 heavy (non-hydrogen) atoms. The van der Waals surface area contributed by atoms with E-state index in [9.17, 15) is 0 Å². The summed E-state index contributed by atoms with van der Waals surface area (Å²) in [6.45, 7) is 0. The molecule has 3 aromatic heterocycles. The number of rotatable bonds is 4. The van der Waals surface area contributed by atoms with E-state index in [1.165, 1.54) is 11.1 Å². The van der Waals surface area contributed by atoms with E-state index in [2.05, 4.69) is 190 Å². The van der Waals surface area contributed by atoms with Crippen LogP contribution in [-0.2, 0) is 0 Å². The van der Waals surface area contributed by atoms with Crippen molar-refractivity contribution < 1.29 is 0 Å². The first kappa shape index (κ1) is 28.2. The molecule has 5 heteroatoms. The van der Waals surface area contributed by atoms with E-state index in [0.717, 1.165) is 87.1 Å². The van der Waals surface area contributed by atoms with Crippen molar-refractivity contribution in [2.75, 3.05) is 0 Å². The zero-order chi connectivity index (χ0) is 32.5. The van der Waals surface area contributed by atoms with Crippen LogP contribution >= 0.6 is 22.6 Å². The number of hydrogen-bond donors (Lipinski definition) is 1. The number of hydrogen-bond acceptors (Lipinski definition) is 2. The Labute approximate surface area is 296 Å². The summed E-state index contributed by atoms with van der Waals surface area (Å²) in [5.41, 5.74) is 16.0. The van der Waals surface area contributed by atoms with E-state index in [1.807, 2.05) is 0 Å². The van der Waals surface area contributed by atoms with Gasteiger partial charge >= 0.3 is 0 Å². The van der Waals surface area contributed by atoms with Gasteiger partial charge in [-0.1, -0.05) is 121 Å². The van der Waals surface area contributed by atoms with Crippen LogP contribution in [0.4, 0.5) is 0 Å². The van der Waals surface area contributed by atoms with Gasteiger partial charge in [0, 0.05) is 38.5 Å². The highest BCUT2D eigenvalue weighted by Gasteiger charge is 2.31.